The van der Waals surface area contributed by atoms with E-state index in [0.717, 1.165) is 0 Å². The lowest BCUT2D eigenvalue weighted by Crippen LogP contribution is -2.07. The molecule has 2 aromatic heterocycles. The third-order valence-corrected chi connectivity index (χ3v) is 1.81. The Morgan fingerprint density at radius 2 is 2.31 bits per heavy atom. The third kappa shape index (κ3) is 1.38. The number of aromatic amines is 1. The van der Waals surface area contributed by atoms with E-state index in [2.05, 4.69) is 10.1 Å². The fourth-order valence-electron chi connectivity index (χ4n) is 1.18. The van der Waals surface area contributed by atoms with Crippen LogP contribution in [0, 0.1) is 0 Å². The lowest BCUT2D eigenvalue weighted by molar-refractivity contribution is 0.770. The maximum atomic E-state index is 11.3. The minimum atomic E-state index is -0.110. The van der Waals surface area contributed by atoms with Crippen LogP contribution >= 0.6 is 0 Å². The second kappa shape index (κ2) is 2.90. The van der Waals surface area contributed by atoms with Crippen molar-refractivity contribution in [3.8, 4) is 11.3 Å². The quantitative estimate of drug-likeness (QED) is 0.696. The first-order chi connectivity index (χ1) is 6.27. The van der Waals surface area contributed by atoms with Gasteiger partial charge in [0.15, 0.2) is 0 Å². The summed E-state index contributed by atoms with van der Waals surface area (Å²) in [6, 6.07) is 5.34. The predicted octanol–water partition coefficient (Wildman–Crippen LogP) is 0.775. The van der Waals surface area contributed by atoms with E-state index in [1.807, 2.05) is 19.3 Å². The van der Waals surface area contributed by atoms with Gasteiger partial charge in [-0.25, -0.2) is 0 Å². The molecule has 0 aliphatic heterocycles. The van der Waals surface area contributed by atoms with Crippen LogP contribution in [0.15, 0.2) is 35.4 Å². The van der Waals surface area contributed by atoms with E-state index in [4.69, 9.17) is 0 Å². The number of pyridine rings is 1. The zero-order valence-corrected chi connectivity index (χ0v) is 7.19. The predicted molar refractivity (Wildman–Crippen MR) is 49.3 cm³/mol. The minimum absolute atomic E-state index is 0.110. The van der Waals surface area contributed by atoms with Gasteiger partial charge in [-0.2, -0.15) is 5.10 Å². The summed E-state index contributed by atoms with van der Waals surface area (Å²) in [5, 5.41) is 4.14. The highest BCUT2D eigenvalue weighted by Gasteiger charge is 2.03. The summed E-state index contributed by atoms with van der Waals surface area (Å²) in [6.45, 7) is 0. The number of aromatic nitrogens is 3. The summed E-state index contributed by atoms with van der Waals surface area (Å²) in [7, 11) is 1.82. The van der Waals surface area contributed by atoms with Crippen molar-refractivity contribution in [2.45, 2.75) is 0 Å². The van der Waals surface area contributed by atoms with Crippen molar-refractivity contribution in [3.63, 3.8) is 0 Å². The summed E-state index contributed by atoms with van der Waals surface area (Å²) in [5.74, 6) is 0. The van der Waals surface area contributed by atoms with Crippen LogP contribution in [0.3, 0.4) is 0 Å². The highest BCUT2D eigenvalue weighted by molar-refractivity contribution is 5.56. The molecule has 2 rings (SSSR count). The molecular formula is C9H9N3O. The zero-order chi connectivity index (χ0) is 9.26. The molecule has 4 nitrogen and oxygen atoms in total. The molecule has 1 N–H and O–H groups in total. The fraction of sp³-hybridized carbons (Fsp3) is 0.111. The molecule has 0 radical (unpaired) electrons. The first-order valence-corrected chi connectivity index (χ1v) is 3.95. The van der Waals surface area contributed by atoms with Crippen molar-refractivity contribution in [1.29, 1.82) is 0 Å². The molecule has 0 unspecified atom stereocenters. The van der Waals surface area contributed by atoms with Gasteiger partial charge in [0.25, 0.3) is 5.56 Å². The normalized spacial score (nSPS) is 10.2. The lowest BCUT2D eigenvalue weighted by atomic mass is 10.2. The molecule has 0 aliphatic carbocycles. The minimum Gasteiger partial charge on any atom is -0.329 e. The van der Waals surface area contributed by atoms with Crippen LogP contribution in [0.4, 0.5) is 0 Å². The number of hydrogen-bond donors (Lipinski definition) is 1. The van der Waals surface area contributed by atoms with Gasteiger partial charge in [-0.1, -0.05) is 0 Å². The second-order valence-corrected chi connectivity index (χ2v) is 2.79. The molecule has 66 valence electrons. The number of hydrogen-bond acceptors (Lipinski definition) is 2. The van der Waals surface area contributed by atoms with Gasteiger partial charge < -0.3 is 4.98 Å². The first kappa shape index (κ1) is 7.79. The highest BCUT2D eigenvalue weighted by Crippen LogP contribution is 2.09. The topological polar surface area (TPSA) is 50.7 Å². The third-order valence-electron chi connectivity index (χ3n) is 1.81. The number of aryl methyl sites for hydroxylation is 1. The first-order valence-electron chi connectivity index (χ1n) is 3.95. The van der Waals surface area contributed by atoms with Crippen LogP contribution in [0.5, 0.6) is 0 Å². The zero-order valence-electron chi connectivity index (χ0n) is 7.19. The maximum Gasteiger partial charge on any atom is 0.257 e. The van der Waals surface area contributed by atoms with Gasteiger partial charge in [-0.3, -0.25) is 9.48 Å². The number of nitrogens with zero attached hydrogens (tertiary/aromatic N) is 2. The summed E-state index contributed by atoms with van der Waals surface area (Å²) in [5.41, 5.74) is 1.19. The van der Waals surface area contributed by atoms with Crippen molar-refractivity contribution in [2.75, 3.05) is 0 Å². The molecule has 0 fully saturated rings. The molecule has 2 aromatic rings. The summed E-state index contributed by atoms with van der Waals surface area (Å²) >= 11 is 0. The molecule has 0 atom stereocenters. The van der Waals surface area contributed by atoms with Gasteiger partial charge >= 0.3 is 0 Å². The van der Waals surface area contributed by atoms with E-state index >= 15 is 0 Å². The molecule has 0 saturated carbocycles. The van der Waals surface area contributed by atoms with Gasteiger partial charge in [0, 0.05) is 19.4 Å². The summed E-state index contributed by atoms with van der Waals surface area (Å²) < 4.78 is 1.67. The SMILES string of the molecule is Cn1ccc(-c2ccc[nH]c2=O)n1. The average Bonchev–Trinajstić information content (AvgIpc) is 2.53. The molecule has 0 aliphatic rings. The smallest absolute Gasteiger partial charge is 0.257 e. The second-order valence-electron chi connectivity index (χ2n) is 2.79. The van der Waals surface area contributed by atoms with Crippen LogP contribution in [0.25, 0.3) is 11.3 Å². The van der Waals surface area contributed by atoms with Crippen LogP contribution in [-0.4, -0.2) is 14.8 Å². The van der Waals surface area contributed by atoms with Crippen LogP contribution in [0.1, 0.15) is 0 Å². The largest absolute Gasteiger partial charge is 0.329 e. The Balaban J connectivity index is 2.59. The van der Waals surface area contributed by atoms with E-state index in [-0.39, 0.29) is 5.56 Å². The molecule has 0 spiro atoms. The van der Waals surface area contributed by atoms with E-state index in [1.54, 1.807) is 23.0 Å². The van der Waals surface area contributed by atoms with Crippen LogP contribution in [-0.2, 0) is 7.05 Å². The van der Waals surface area contributed by atoms with E-state index in [0.29, 0.717) is 11.3 Å². The van der Waals surface area contributed by atoms with Gasteiger partial charge in [0.05, 0.1) is 11.3 Å². The Morgan fingerprint density at radius 1 is 1.46 bits per heavy atom. The van der Waals surface area contributed by atoms with Crippen LogP contribution in [0.2, 0.25) is 0 Å². The van der Waals surface area contributed by atoms with E-state index in [1.165, 1.54) is 0 Å². The van der Waals surface area contributed by atoms with Crippen molar-refractivity contribution in [3.05, 3.63) is 40.9 Å². The Bertz CT molecular complexity index is 469. The standard InChI is InChI=1S/C9H9N3O/c1-12-6-4-8(11-12)7-3-2-5-10-9(7)13/h2-6H,1H3,(H,10,13). The Kier molecular flexibility index (Phi) is 1.73. The van der Waals surface area contributed by atoms with Gasteiger partial charge in [-0.05, 0) is 18.2 Å². The lowest BCUT2D eigenvalue weighted by Gasteiger charge is -1.92. The van der Waals surface area contributed by atoms with Crippen molar-refractivity contribution >= 4 is 0 Å². The molecule has 2 heterocycles. The van der Waals surface area contributed by atoms with E-state index in [9.17, 15) is 4.79 Å². The Labute approximate surface area is 74.8 Å². The van der Waals surface area contributed by atoms with Gasteiger partial charge in [0.2, 0.25) is 0 Å². The molecule has 0 aromatic carbocycles. The number of rotatable bonds is 1. The summed E-state index contributed by atoms with van der Waals surface area (Å²) in [4.78, 5) is 13.9. The number of H-pyrrole nitrogens is 1. The van der Waals surface area contributed by atoms with Crippen molar-refractivity contribution in [1.82, 2.24) is 14.8 Å². The molecule has 0 amide bonds. The average molecular weight is 175 g/mol. The van der Waals surface area contributed by atoms with E-state index < -0.39 is 0 Å². The summed E-state index contributed by atoms with van der Waals surface area (Å²) in [6.07, 6.45) is 3.41. The molecule has 0 bridgehead atoms. The van der Waals surface area contributed by atoms with Crippen molar-refractivity contribution in [2.24, 2.45) is 7.05 Å². The number of nitrogens with one attached hydrogen (secondary N) is 1. The molecule has 4 heteroatoms. The van der Waals surface area contributed by atoms with Crippen LogP contribution < -0.4 is 5.56 Å². The molecule has 0 saturated heterocycles. The van der Waals surface area contributed by atoms with Crippen molar-refractivity contribution < 1.29 is 0 Å². The van der Waals surface area contributed by atoms with Gasteiger partial charge in [-0.15, -0.1) is 0 Å². The Hall–Kier alpha value is -1.84. The highest BCUT2D eigenvalue weighted by atomic mass is 16.1. The fourth-order valence-corrected chi connectivity index (χ4v) is 1.18. The maximum absolute atomic E-state index is 11.3. The molecular weight excluding hydrogens is 166 g/mol. The molecule has 13 heavy (non-hydrogen) atoms. The Morgan fingerprint density at radius 3 is 2.92 bits per heavy atom. The monoisotopic (exact) mass is 175 g/mol. The van der Waals surface area contributed by atoms with Gasteiger partial charge in [0.1, 0.15) is 0 Å².